The Balaban J connectivity index is 2.56. The Morgan fingerprint density at radius 3 is 3.08 bits per heavy atom. The van der Waals surface area contributed by atoms with E-state index in [0.717, 1.165) is 11.3 Å². The molecule has 0 aliphatic carbocycles. The summed E-state index contributed by atoms with van der Waals surface area (Å²) in [7, 11) is 1.58. The molecule has 1 atom stereocenters. The molecule has 1 aliphatic heterocycles. The zero-order chi connectivity index (χ0) is 9.42. The maximum absolute atomic E-state index is 5.88. The molecule has 13 heavy (non-hydrogen) atoms. The highest BCUT2D eigenvalue weighted by molar-refractivity contribution is 6.30. The van der Waals surface area contributed by atoms with Crippen molar-refractivity contribution in [1.29, 1.82) is 0 Å². The molecule has 3 nitrogen and oxygen atoms in total. The fourth-order valence-corrected chi connectivity index (χ4v) is 1.65. The Morgan fingerprint density at radius 2 is 2.38 bits per heavy atom. The monoisotopic (exact) mass is 199 g/mol. The van der Waals surface area contributed by atoms with E-state index in [-0.39, 0.29) is 6.04 Å². The first kappa shape index (κ1) is 8.66. The van der Waals surface area contributed by atoms with Crippen LogP contribution < -0.4 is 15.2 Å². The second kappa shape index (κ2) is 3.09. The molecule has 0 fully saturated rings. The smallest absolute Gasteiger partial charge is 0.166 e. The van der Waals surface area contributed by atoms with Gasteiger partial charge in [0.1, 0.15) is 6.61 Å². The van der Waals surface area contributed by atoms with Gasteiger partial charge in [0.2, 0.25) is 0 Å². The number of hydrogen-bond donors (Lipinski definition) is 1. The first-order valence-electron chi connectivity index (χ1n) is 3.98. The number of methoxy groups -OCH3 is 1. The zero-order valence-corrected chi connectivity index (χ0v) is 7.97. The molecule has 0 amide bonds. The second-order valence-corrected chi connectivity index (χ2v) is 3.38. The lowest BCUT2D eigenvalue weighted by Gasteiger charge is -2.06. The minimum atomic E-state index is -0.0948. The fraction of sp³-hybridized carbons (Fsp3) is 0.333. The van der Waals surface area contributed by atoms with Crippen LogP contribution in [0.4, 0.5) is 0 Å². The molecule has 0 saturated heterocycles. The number of ether oxygens (including phenoxy) is 2. The number of halogens is 1. The van der Waals surface area contributed by atoms with Crippen molar-refractivity contribution in [2.45, 2.75) is 6.04 Å². The van der Waals surface area contributed by atoms with Crippen molar-refractivity contribution >= 4 is 11.6 Å². The Morgan fingerprint density at radius 1 is 1.62 bits per heavy atom. The summed E-state index contributed by atoms with van der Waals surface area (Å²) < 4.78 is 10.5. The van der Waals surface area contributed by atoms with E-state index in [1.165, 1.54) is 0 Å². The Hall–Kier alpha value is -0.930. The third kappa shape index (κ3) is 1.34. The summed E-state index contributed by atoms with van der Waals surface area (Å²) in [5, 5.41) is 0.622. The fourth-order valence-electron chi connectivity index (χ4n) is 1.43. The SMILES string of the molecule is COc1cc(Cl)cc2c1OC[C@H]2N. The molecule has 70 valence electrons. The predicted octanol–water partition coefficient (Wildman–Crippen LogP) is 1.74. The highest BCUT2D eigenvalue weighted by atomic mass is 35.5. The third-order valence-electron chi connectivity index (χ3n) is 2.07. The van der Waals surface area contributed by atoms with Crippen LogP contribution in [0.25, 0.3) is 0 Å². The zero-order valence-electron chi connectivity index (χ0n) is 7.21. The van der Waals surface area contributed by atoms with Gasteiger partial charge in [0.25, 0.3) is 0 Å². The summed E-state index contributed by atoms with van der Waals surface area (Å²) >= 11 is 5.88. The van der Waals surface area contributed by atoms with Crippen molar-refractivity contribution in [3.05, 3.63) is 22.7 Å². The van der Waals surface area contributed by atoms with Gasteiger partial charge in [-0.2, -0.15) is 0 Å². The summed E-state index contributed by atoms with van der Waals surface area (Å²) in [5.74, 6) is 1.37. The largest absolute Gasteiger partial charge is 0.493 e. The van der Waals surface area contributed by atoms with Crippen LogP contribution >= 0.6 is 11.6 Å². The normalized spacial score (nSPS) is 19.5. The molecule has 4 heteroatoms. The van der Waals surface area contributed by atoms with Crippen LogP contribution in [-0.4, -0.2) is 13.7 Å². The first-order valence-corrected chi connectivity index (χ1v) is 4.36. The van der Waals surface area contributed by atoms with Crippen molar-refractivity contribution in [2.75, 3.05) is 13.7 Å². The lowest BCUT2D eigenvalue weighted by atomic mass is 10.1. The van der Waals surface area contributed by atoms with Crippen molar-refractivity contribution in [3.8, 4) is 11.5 Å². The van der Waals surface area contributed by atoms with E-state index >= 15 is 0 Å². The van der Waals surface area contributed by atoms with Crippen LogP contribution in [0.1, 0.15) is 11.6 Å². The van der Waals surface area contributed by atoms with E-state index in [1.807, 2.05) is 6.07 Å². The van der Waals surface area contributed by atoms with Gasteiger partial charge in [0.05, 0.1) is 13.2 Å². The standard InChI is InChI=1S/C9H10ClNO2/c1-12-8-3-5(10)2-6-7(11)4-13-9(6)8/h2-3,7H,4,11H2,1H3/t7-/m1/s1. The van der Waals surface area contributed by atoms with Crippen LogP contribution in [0.15, 0.2) is 12.1 Å². The molecule has 2 rings (SSSR count). The highest BCUT2D eigenvalue weighted by Gasteiger charge is 2.24. The van der Waals surface area contributed by atoms with E-state index in [4.69, 9.17) is 26.8 Å². The van der Waals surface area contributed by atoms with Gasteiger partial charge >= 0.3 is 0 Å². The number of fused-ring (bicyclic) bond motifs is 1. The van der Waals surface area contributed by atoms with E-state index in [2.05, 4.69) is 0 Å². The maximum Gasteiger partial charge on any atom is 0.166 e. The molecule has 1 aromatic rings. The summed E-state index contributed by atoms with van der Waals surface area (Å²) in [6.45, 7) is 0.492. The molecular formula is C9H10ClNO2. The topological polar surface area (TPSA) is 44.5 Å². The van der Waals surface area contributed by atoms with Gasteiger partial charge in [-0.3, -0.25) is 0 Å². The molecule has 1 heterocycles. The molecule has 2 N–H and O–H groups in total. The minimum Gasteiger partial charge on any atom is -0.493 e. The van der Waals surface area contributed by atoms with E-state index < -0.39 is 0 Å². The molecule has 0 unspecified atom stereocenters. The summed E-state index contributed by atoms with van der Waals surface area (Å²) in [5.41, 5.74) is 6.72. The molecule has 1 aromatic carbocycles. The number of benzene rings is 1. The minimum absolute atomic E-state index is 0.0948. The quantitative estimate of drug-likeness (QED) is 0.750. The Labute approximate surface area is 81.4 Å². The van der Waals surface area contributed by atoms with E-state index in [9.17, 15) is 0 Å². The molecule has 1 aliphatic rings. The third-order valence-corrected chi connectivity index (χ3v) is 2.29. The van der Waals surface area contributed by atoms with Gasteiger partial charge in [0, 0.05) is 16.7 Å². The molecule has 0 radical (unpaired) electrons. The average Bonchev–Trinajstić information content (AvgIpc) is 2.47. The maximum atomic E-state index is 5.88. The lowest BCUT2D eigenvalue weighted by molar-refractivity contribution is 0.311. The van der Waals surface area contributed by atoms with Gasteiger partial charge in [0.15, 0.2) is 11.5 Å². The molecule has 0 bridgehead atoms. The van der Waals surface area contributed by atoms with Crippen LogP contribution in [0, 0.1) is 0 Å². The number of nitrogens with two attached hydrogens (primary N) is 1. The van der Waals surface area contributed by atoms with Crippen LogP contribution in [-0.2, 0) is 0 Å². The Bertz CT molecular complexity index is 341. The van der Waals surface area contributed by atoms with Gasteiger partial charge in [-0.1, -0.05) is 11.6 Å². The van der Waals surface area contributed by atoms with Gasteiger partial charge < -0.3 is 15.2 Å². The highest BCUT2D eigenvalue weighted by Crippen LogP contribution is 2.41. The van der Waals surface area contributed by atoms with Gasteiger partial charge in [-0.15, -0.1) is 0 Å². The number of rotatable bonds is 1. The lowest BCUT2D eigenvalue weighted by Crippen LogP contribution is -2.10. The number of hydrogen-bond acceptors (Lipinski definition) is 3. The second-order valence-electron chi connectivity index (χ2n) is 2.94. The first-order chi connectivity index (χ1) is 6.22. The van der Waals surface area contributed by atoms with Crippen molar-refractivity contribution in [3.63, 3.8) is 0 Å². The van der Waals surface area contributed by atoms with Crippen molar-refractivity contribution in [1.82, 2.24) is 0 Å². The van der Waals surface area contributed by atoms with Gasteiger partial charge in [-0.05, 0) is 6.07 Å². The van der Waals surface area contributed by atoms with Crippen LogP contribution in [0.3, 0.4) is 0 Å². The van der Waals surface area contributed by atoms with E-state index in [1.54, 1.807) is 13.2 Å². The summed E-state index contributed by atoms with van der Waals surface area (Å²) in [6.07, 6.45) is 0. The summed E-state index contributed by atoms with van der Waals surface area (Å²) in [6, 6.07) is 3.44. The van der Waals surface area contributed by atoms with E-state index in [0.29, 0.717) is 17.4 Å². The average molecular weight is 200 g/mol. The van der Waals surface area contributed by atoms with Crippen molar-refractivity contribution < 1.29 is 9.47 Å². The molecular weight excluding hydrogens is 190 g/mol. The summed E-state index contributed by atoms with van der Waals surface area (Å²) in [4.78, 5) is 0. The molecule has 0 saturated carbocycles. The molecule has 0 spiro atoms. The predicted molar refractivity (Wildman–Crippen MR) is 50.4 cm³/mol. The van der Waals surface area contributed by atoms with Crippen LogP contribution in [0.5, 0.6) is 11.5 Å². The van der Waals surface area contributed by atoms with Crippen LogP contribution in [0.2, 0.25) is 5.02 Å². The van der Waals surface area contributed by atoms with Gasteiger partial charge in [-0.25, -0.2) is 0 Å². The van der Waals surface area contributed by atoms with Crippen molar-refractivity contribution in [2.24, 2.45) is 5.73 Å². The Kier molecular flexibility index (Phi) is 2.06. The molecule has 0 aromatic heterocycles.